The van der Waals surface area contributed by atoms with Crippen LogP contribution < -0.4 is 4.74 Å². The minimum atomic E-state index is 0.547. The molecule has 4 heteroatoms. The van der Waals surface area contributed by atoms with E-state index in [-0.39, 0.29) is 0 Å². The van der Waals surface area contributed by atoms with E-state index in [1.807, 2.05) is 66.7 Å². The third kappa shape index (κ3) is 2.88. The van der Waals surface area contributed by atoms with Gasteiger partial charge in [0.25, 0.3) is 0 Å². The van der Waals surface area contributed by atoms with Crippen LogP contribution in [0.3, 0.4) is 0 Å². The van der Waals surface area contributed by atoms with Crippen LogP contribution in [0.15, 0.2) is 93.8 Å². The lowest BCUT2D eigenvalue weighted by Crippen LogP contribution is -1.91. The Bertz CT molecular complexity index is 1290. The second-order valence-electron chi connectivity index (χ2n) is 6.43. The Hall–Kier alpha value is -2.75. The Morgan fingerprint density at radius 3 is 2.36 bits per heavy atom. The lowest BCUT2D eigenvalue weighted by atomic mass is 9.98. The molecule has 28 heavy (non-hydrogen) atoms. The summed E-state index contributed by atoms with van der Waals surface area (Å²) in [5, 5.41) is 2.63. The summed E-state index contributed by atoms with van der Waals surface area (Å²) in [6, 6.07) is 27.7. The summed E-state index contributed by atoms with van der Waals surface area (Å²) in [7, 11) is 0. The summed E-state index contributed by atoms with van der Waals surface area (Å²) in [5.41, 5.74) is 3.71. The zero-order valence-corrected chi connectivity index (χ0v) is 17.0. The minimum absolute atomic E-state index is 0.547. The Kier molecular flexibility index (Phi) is 4.34. The van der Waals surface area contributed by atoms with Gasteiger partial charge in [-0.25, -0.2) is 0 Å². The van der Waals surface area contributed by atoms with Gasteiger partial charge in [-0.2, -0.15) is 0 Å². The van der Waals surface area contributed by atoms with E-state index in [0.717, 1.165) is 43.3 Å². The third-order valence-corrected chi connectivity index (χ3v) is 5.62. The number of ether oxygens (including phenoxy) is 1. The number of fused-ring (bicyclic) bond motifs is 3. The molecule has 0 aliphatic rings. The van der Waals surface area contributed by atoms with Crippen molar-refractivity contribution >= 4 is 49.5 Å². The molecule has 0 saturated carbocycles. The summed E-state index contributed by atoms with van der Waals surface area (Å²) < 4.78 is 13.2. The van der Waals surface area contributed by atoms with Crippen molar-refractivity contribution < 1.29 is 9.15 Å². The highest BCUT2D eigenvalue weighted by molar-refractivity contribution is 9.10. The lowest BCUT2D eigenvalue weighted by molar-refractivity contribution is 0.482. The quantitative estimate of drug-likeness (QED) is 0.275. The van der Waals surface area contributed by atoms with Crippen LogP contribution in [0.1, 0.15) is 0 Å². The van der Waals surface area contributed by atoms with Crippen molar-refractivity contribution in [1.82, 2.24) is 0 Å². The fourth-order valence-electron chi connectivity index (χ4n) is 3.46. The Labute approximate surface area is 175 Å². The number of halogens is 2. The molecular weight excluding hydrogens is 436 g/mol. The average Bonchev–Trinajstić information content (AvgIpc) is 3.10. The van der Waals surface area contributed by atoms with Crippen molar-refractivity contribution in [3.05, 3.63) is 94.4 Å². The van der Waals surface area contributed by atoms with E-state index >= 15 is 0 Å². The number of rotatable bonds is 3. The first kappa shape index (κ1) is 17.4. The van der Waals surface area contributed by atoms with Crippen LogP contribution in [0.5, 0.6) is 11.5 Å². The molecule has 2 nitrogen and oxygen atoms in total. The van der Waals surface area contributed by atoms with E-state index in [9.17, 15) is 0 Å². The first-order valence-corrected chi connectivity index (χ1v) is 10.0. The summed E-state index contributed by atoms with van der Waals surface area (Å²) in [6.07, 6.45) is 0. The van der Waals surface area contributed by atoms with E-state index < -0.39 is 0 Å². The standard InChI is InChI=1S/C24H14BrClO2/c25-17-10-6-11-18(26)24(17)28-20-13-14-21-23(16-9-4-5-12-19(16)27-21)22(20)15-7-2-1-3-8-15/h1-14H. The zero-order chi connectivity index (χ0) is 19.1. The molecule has 5 rings (SSSR count). The first-order valence-electron chi connectivity index (χ1n) is 8.84. The molecule has 0 saturated heterocycles. The Morgan fingerprint density at radius 2 is 1.54 bits per heavy atom. The van der Waals surface area contributed by atoms with Crippen molar-refractivity contribution in [2.24, 2.45) is 0 Å². The molecule has 0 aliphatic heterocycles. The van der Waals surface area contributed by atoms with Crippen LogP contribution in [0.4, 0.5) is 0 Å². The summed E-state index contributed by atoms with van der Waals surface area (Å²) in [6.45, 7) is 0. The van der Waals surface area contributed by atoms with Gasteiger partial charge in [-0.3, -0.25) is 0 Å². The normalized spacial score (nSPS) is 11.2. The number of benzene rings is 4. The number of furan rings is 1. The molecule has 0 atom stereocenters. The number of hydrogen-bond donors (Lipinski definition) is 0. The average molecular weight is 450 g/mol. The Balaban J connectivity index is 1.83. The topological polar surface area (TPSA) is 22.4 Å². The van der Waals surface area contributed by atoms with Crippen LogP contribution in [0, 0.1) is 0 Å². The fraction of sp³-hybridized carbons (Fsp3) is 0. The van der Waals surface area contributed by atoms with Crippen molar-refractivity contribution in [3.63, 3.8) is 0 Å². The van der Waals surface area contributed by atoms with E-state index in [0.29, 0.717) is 10.8 Å². The monoisotopic (exact) mass is 448 g/mol. The van der Waals surface area contributed by atoms with Crippen LogP contribution in [0.25, 0.3) is 33.1 Å². The third-order valence-electron chi connectivity index (χ3n) is 4.70. The molecule has 0 unspecified atom stereocenters. The van der Waals surface area contributed by atoms with Gasteiger partial charge in [0.15, 0.2) is 5.75 Å². The molecule has 5 aromatic rings. The van der Waals surface area contributed by atoms with Crippen LogP contribution in [-0.2, 0) is 0 Å². The van der Waals surface area contributed by atoms with E-state index in [2.05, 4.69) is 34.1 Å². The predicted octanol–water partition coefficient (Wildman–Crippen LogP) is 8.46. The maximum Gasteiger partial charge on any atom is 0.160 e. The summed E-state index contributed by atoms with van der Waals surface area (Å²) in [5.74, 6) is 1.31. The van der Waals surface area contributed by atoms with Gasteiger partial charge in [-0.1, -0.05) is 66.2 Å². The smallest absolute Gasteiger partial charge is 0.160 e. The van der Waals surface area contributed by atoms with Crippen molar-refractivity contribution in [2.75, 3.05) is 0 Å². The van der Waals surface area contributed by atoms with Gasteiger partial charge in [0, 0.05) is 16.3 Å². The van der Waals surface area contributed by atoms with Crippen LogP contribution >= 0.6 is 27.5 Å². The van der Waals surface area contributed by atoms with Gasteiger partial charge in [0.1, 0.15) is 16.9 Å². The molecule has 1 aromatic heterocycles. The van der Waals surface area contributed by atoms with Crippen molar-refractivity contribution in [2.45, 2.75) is 0 Å². The maximum absolute atomic E-state index is 6.40. The van der Waals surface area contributed by atoms with Crippen molar-refractivity contribution in [1.29, 1.82) is 0 Å². The fourth-order valence-corrected chi connectivity index (χ4v) is 4.24. The molecule has 0 bridgehead atoms. The maximum atomic E-state index is 6.40. The Morgan fingerprint density at radius 1 is 0.750 bits per heavy atom. The van der Waals surface area contributed by atoms with E-state index in [1.165, 1.54) is 0 Å². The second-order valence-corrected chi connectivity index (χ2v) is 7.69. The molecule has 136 valence electrons. The van der Waals surface area contributed by atoms with Crippen LogP contribution in [-0.4, -0.2) is 0 Å². The van der Waals surface area contributed by atoms with Gasteiger partial charge in [-0.05, 0) is 51.8 Å². The highest BCUT2D eigenvalue weighted by Gasteiger charge is 2.19. The van der Waals surface area contributed by atoms with Gasteiger partial charge >= 0.3 is 0 Å². The number of para-hydroxylation sites is 2. The second kappa shape index (κ2) is 7.01. The van der Waals surface area contributed by atoms with Gasteiger partial charge in [0.05, 0.1) is 9.50 Å². The molecule has 0 amide bonds. The van der Waals surface area contributed by atoms with E-state index in [1.54, 1.807) is 0 Å². The van der Waals surface area contributed by atoms with Gasteiger partial charge in [-0.15, -0.1) is 0 Å². The highest BCUT2D eigenvalue weighted by Crippen LogP contribution is 2.45. The number of hydrogen-bond acceptors (Lipinski definition) is 2. The molecule has 1 heterocycles. The molecule has 0 aliphatic carbocycles. The first-order chi connectivity index (χ1) is 13.7. The molecule has 0 radical (unpaired) electrons. The SMILES string of the molecule is Clc1cccc(Br)c1Oc1ccc2oc3ccccc3c2c1-c1ccccc1. The van der Waals surface area contributed by atoms with Gasteiger partial charge < -0.3 is 9.15 Å². The molecular formula is C24H14BrClO2. The summed E-state index contributed by atoms with van der Waals surface area (Å²) >= 11 is 9.94. The molecule has 0 fully saturated rings. The molecule has 0 N–H and O–H groups in total. The van der Waals surface area contributed by atoms with E-state index in [4.69, 9.17) is 20.8 Å². The molecule has 4 aromatic carbocycles. The zero-order valence-electron chi connectivity index (χ0n) is 14.7. The van der Waals surface area contributed by atoms with Gasteiger partial charge in [0.2, 0.25) is 0 Å². The van der Waals surface area contributed by atoms with Crippen LogP contribution in [0.2, 0.25) is 5.02 Å². The summed E-state index contributed by atoms with van der Waals surface area (Å²) in [4.78, 5) is 0. The van der Waals surface area contributed by atoms with Crippen molar-refractivity contribution in [3.8, 4) is 22.6 Å². The molecule has 0 spiro atoms. The highest BCUT2D eigenvalue weighted by atomic mass is 79.9. The predicted molar refractivity (Wildman–Crippen MR) is 118 cm³/mol. The lowest BCUT2D eigenvalue weighted by Gasteiger charge is -2.15. The largest absolute Gasteiger partial charge is 0.456 e. The minimum Gasteiger partial charge on any atom is -0.456 e.